The molecule has 1 aromatic carbocycles. The number of likely N-dealkylation sites (tertiary alicyclic amines) is 1. The maximum absolute atomic E-state index is 13.9. The summed E-state index contributed by atoms with van der Waals surface area (Å²) in [6.45, 7) is 2.23. The normalized spacial score (nSPS) is 26.5. The topological polar surface area (TPSA) is 32.3 Å². The van der Waals surface area contributed by atoms with Crippen LogP contribution in [0.2, 0.25) is 5.02 Å². The molecule has 5 heteroatoms. The Balaban J connectivity index is 1.81. The van der Waals surface area contributed by atoms with Crippen LogP contribution in [0.4, 0.5) is 4.39 Å². The average molecular weight is 297 g/mol. The summed E-state index contributed by atoms with van der Waals surface area (Å²) in [6.07, 6.45) is 2.46. The molecule has 2 atom stereocenters. The fourth-order valence-corrected chi connectivity index (χ4v) is 3.45. The van der Waals surface area contributed by atoms with E-state index in [4.69, 9.17) is 11.6 Å². The lowest BCUT2D eigenvalue weighted by Crippen LogP contribution is -2.54. The van der Waals surface area contributed by atoms with Gasteiger partial charge in [0, 0.05) is 29.6 Å². The van der Waals surface area contributed by atoms with Crippen molar-refractivity contribution in [3.8, 4) is 0 Å². The summed E-state index contributed by atoms with van der Waals surface area (Å²) >= 11 is 5.77. The third kappa shape index (κ3) is 2.67. The number of amides is 1. The number of carbonyl (C=O) groups is 1. The van der Waals surface area contributed by atoms with Crippen LogP contribution in [-0.2, 0) is 11.3 Å². The molecule has 20 heavy (non-hydrogen) atoms. The Hall–Kier alpha value is -1.13. The molecule has 2 aliphatic heterocycles. The number of benzene rings is 1. The molecule has 1 N–H and O–H groups in total. The Morgan fingerprint density at radius 3 is 3.05 bits per heavy atom. The Bertz CT molecular complexity index is 523. The molecule has 3 rings (SSSR count). The number of nitrogens with one attached hydrogen (secondary N) is 1. The first-order valence-corrected chi connectivity index (χ1v) is 7.47. The quantitative estimate of drug-likeness (QED) is 0.910. The van der Waals surface area contributed by atoms with Crippen molar-refractivity contribution in [3.63, 3.8) is 0 Å². The van der Waals surface area contributed by atoms with Gasteiger partial charge in [-0.3, -0.25) is 4.79 Å². The second kappa shape index (κ2) is 5.70. The first-order valence-electron chi connectivity index (χ1n) is 7.09. The van der Waals surface area contributed by atoms with Crippen LogP contribution in [-0.4, -0.2) is 29.9 Å². The van der Waals surface area contributed by atoms with Gasteiger partial charge in [-0.05, 0) is 44.0 Å². The highest BCUT2D eigenvalue weighted by Gasteiger charge is 2.37. The summed E-state index contributed by atoms with van der Waals surface area (Å²) in [5.41, 5.74) is 0.543. The first-order chi connectivity index (χ1) is 9.65. The van der Waals surface area contributed by atoms with Crippen LogP contribution in [0.25, 0.3) is 0 Å². The maximum Gasteiger partial charge on any atom is 0.223 e. The van der Waals surface area contributed by atoms with Crippen molar-refractivity contribution in [1.82, 2.24) is 10.2 Å². The van der Waals surface area contributed by atoms with Crippen LogP contribution in [0.15, 0.2) is 18.2 Å². The average Bonchev–Trinajstić information content (AvgIpc) is 2.44. The molecule has 0 spiro atoms. The number of fused-ring (bicyclic) bond motifs is 1. The third-order valence-electron chi connectivity index (χ3n) is 4.37. The van der Waals surface area contributed by atoms with Crippen molar-refractivity contribution in [2.24, 2.45) is 5.92 Å². The molecule has 0 aliphatic carbocycles. The van der Waals surface area contributed by atoms with E-state index in [-0.39, 0.29) is 17.8 Å². The second-order valence-electron chi connectivity index (χ2n) is 5.62. The Kier molecular flexibility index (Phi) is 3.94. The van der Waals surface area contributed by atoms with Gasteiger partial charge in [0.2, 0.25) is 5.91 Å². The third-order valence-corrected chi connectivity index (χ3v) is 4.61. The van der Waals surface area contributed by atoms with Crippen LogP contribution in [0, 0.1) is 11.7 Å². The van der Waals surface area contributed by atoms with Gasteiger partial charge in [0.1, 0.15) is 5.82 Å². The minimum atomic E-state index is -0.332. The molecule has 0 radical (unpaired) electrons. The van der Waals surface area contributed by atoms with Gasteiger partial charge in [-0.15, -0.1) is 0 Å². The molecule has 2 fully saturated rings. The van der Waals surface area contributed by atoms with Crippen LogP contribution >= 0.6 is 11.6 Å². The van der Waals surface area contributed by atoms with Crippen LogP contribution in [0.1, 0.15) is 24.8 Å². The number of piperidine rings is 2. The van der Waals surface area contributed by atoms with E-state index in [1.165, 1.54) is 6.07 Å². The maximum atomic E-state index is 13.9. The van der Waals surface area contributed by atoms with Gasteiger partial charge >= 0.3 is 0 Å². The van der Waals surface area contributed by atoms with Gasteiger partial charge < -0.3 is 10.2 Å². The molecule has 2 unspecified atom stereocenters. The van der Waals surface area contributed by atoms with Crippen LogP contribution in [0.3, 0.4) is 0 Å². The van der Waals surface area contributed by atoms with E-state index in [1.54, 1.807) is 12.1 Å². The van der Waals surface area contributed by atoms with Gasteiger partial charge in [-0.2, -0.15) is 0 Å². The number of carbonyl (C=O) groups excluding carboxylic acids is 1. The van der Waals surface area contributed by atoms with E-state index in [2.05, 4.69) is 5.32 Å². The highest BCUT2D eigenvalue weighted by molar-refractivity contribution is 6.30. The zero-order valence-corrected chi connectivity index (χ0v) is 12.0. The number of halogens is 2. The zero-order valence-electron chi connectivity index (χ0n) is 11.2. The summed E-state index contributed by atoms with van der Waals surface area (Å²) in [5.74, 6) is 0.306. The van der Waals surface area contributed by atoms with Crippen LogP contribution in [0.5, 0.6) is 0 Å². The number of hydrogen-bond donors (Lipinski definition) is 1. The summed E-state index contributed by atoms with van der Waals surface area (Å²) < 4.78 is 13.9. The Labute approximate surface area is 123 Å². The van der Waals surface area contributed by atoms with Crippen molar-refractivity contribution in [3.05, 3.63) is 34.6 Å². The van der Waals surface area contributed by atoms with Gasteiger partial charge in [0.25, 0.3) is 0 Å². The van der Waals surface area contributed by atoms with E-state index in [0.717, 1.165) is 25.9 Å². The van der Waals surface area contributed by atoms with Gasteiger partial charge in [-0.1, -0.05) is 17.7 Å². The monoisotopic (exact) mass is 296 g/mol. The molecule has 3 nitrogen and oxygen atoms in total. The molecular formula is C15H18ClFN2O. The summed E-state index contributed by atoms with van der Waals surface area (Å²) in [6, 6.07) is 4.90. The van der Waals surface area contributed by atoms with Crippen molar-refractivity contribution < 1.29 is 9.18 Å². The minimum absolute atomic E-state index is 0.141. The second-order valence-corrected chi connectivity index (χ2v) is 6.05. The van der Waals surface area contributed by atoms with Crippen molar-refractivity contribution >= 4 is 17.5 Å². The Morgan fingerprint density at radius 1 is 1.40 bits per heavy atom. The van der Waals surface area contributed by atoms with Gasteiger partial charge in [0.15, 0.2) is 0 Å². The smallest absolute Gasteiger partial charge is 0.223 e. The van der Waals surface area contributed by atoms with E-state index in [9.17, 15) is 9.18 Å². The molecule has 1 aromatic rings. The highest BCUT2D eigenvalue weighted by atomic mass is 35.5. The summed E-state index contributed by atoms with van der Waals surface area (Å²) in [5, 5.41) is 3.76. The van der Waals surface area contributed by atoms with Crippen molar-refractivity contribution in [1.29, 1.82) is 0 Å². The molecule has 2 heterocycles. The first kappa shape index (κ1) is 13.8. The number of rotatable bonds is 2. The molecule has 0 aromatic heterocycles. The lowest BCUT2D eigenvalue weighted by molar-refractivity contribution is -0.140. The fourth-order valence-electron chi connectivity index (χ4n) is 3.29. The lowest BCUT2D eigenvalue weighted by Gasteiger charge is -2.44. The molecule has 108 valence electrons. The molecule has 1 amide bonds. The number of hydrogen-bond acceptors (Lipinski definition) is 2. The lowest BCUT2D eigenvalue weighted by atomic mass is 9.84. The highest BCUT2D eigenvalue weighted by Crippen LogP contribution is 2.30. The summed E-state index contributed by atoms with van der Waals surface area (Å²) in [7, 11) is 0. The largest absolute Gasteiger partial charge is 0.335 e. The zero-order chi connectivity index (χ0) is 14.1. The minimum Gasteiger partial charge on any atom is -0.335 e. The molecule has 0 bridgehead atoms. The van der Waals surface area contributed by atoms with Gasteiger partial charge in [0.05, 0.1) is 0 Å². The van der Waals surface area contributed by atoms with E-state index in [0.29, 0.717) is 29.5 Å². The SMILES string of the molecule is O=C1CCC2CNCCC2N1Cc1ccc(Cl)cc1F. The van der Waals surface area contributed by atoms with Gasteiger partial charge in [-0.25, -0.2) is 4.39 Å². The van der Waals surface area contributed by atoms with Crippen LogP contribution < -0.4 is 5.32 Å². The van der Waals surface area contributed by atoms with E-state index < -0.39 is 0 Å². The standard InChI is InChI=1S/C15H18ClFN2O/c16-12-3-1-11(13(17)7-12)9-19-14-5-6-18-8-10(14)2-4-15(19)20/h1,3,7,10,14,18H,2,4-6,8-9H2. The molecule has 2 saturated heterocycles. The fraction of sp³-hybridized carbons (Fsp3) is 0.533. The van der Waals surface area contributed by atoms with Crippen molar-refractivity contribution in [2.75, 3.05) is 13.1 Å². The molecule has 2 aliphatic rings. The van der Waals surface area contributed by atoms with E-state index >= 15 is 0 Å². The van der Waals surface area contributed by atoms with E-state index in [1.807, 2.05) is 4.90 Å². The Morgan fingerprint density at radius 2 is 2.25 bits per heavy atom. The summed E-state index contributed by atoms with van der Waals surface area (Å²) in [4.78, 5) is 14.1. The predicted molar refractivity (Wildman–Crippen MR) is 76.0 cm³/mol. The molecular weight excluding hydrogens is 279 g/mol. The number of nitrogens with zero attached hydrogens (tertiary/aromatic N) is 1. The molecule has 0 saturated carbocycles. The van der Waals surface area contributed by atoms with Crippen molar-refractivity contribution in [2.45, 2.75) is 31.8 Å². The predicted octanol–water partition coefficient (Wildman–Crippen LogP) is 2.58.